The fraction of sp³-hybridized carbons (Fsp3) is 0.706. The molecule has 0 bridgehead atoms. The number of hydrogen-bond donors (Lipinski definition) is 1. The maximum Gasteiger partial charge on any atom is 0.0572 e. The summed E-state index contributed by atoms with van der Waals surface area (Å²) >= 11 is 0. The third kappa shape index (κ3) is 3.32. The van der Waals surface area contributed by atoms with Gasteiger partial charge in [-0.05, 0) is 50.8 Å². The van der Waals surface area contributed by atoms with E-state index in [0.29, 0.717) is 12.1 Å². The van der Waals surface area contributed by atoms with E-state index in [-0.39, 0.29) is 0 Å². The summed E-state index contributed by atoms with van der Waals surface area (Å²) in [7, 11) is 0. The van der Waals surface area contributed by atoms with Gasteiger partial charge in [0.2, 0.25) is 0 Å². The van der Waals surface area contributed by atoms with Crippen molar-refractivity contribution in [3.05, 3.63) is 24.0 Å². The second-order valence-electron chi connectivity index (χ2n) is 6.43. The zero-order chi connectivity index (χ0) is 14.7. The standard InChI is InChI=1S/C17H29N3/c1-6-18-14(4)17-8-7-16(10-19-17)20-11-12(2)9-13(3)15(20)5/h7-8,10,12-15,18H,6,9,11H2,1-5H3. The van der Waals surface area contributed by atoms with Gasteiger partial charge in [0.15, 0.2) is 0 Å². The van der Waals surface area contributed by atoms with Gasteiger partial charge in [-0.3, -0.25) is 4.98 Å². The summed E-state index contributed by atoms with van der Waals surface area (Å²) in [4.78, 5) is 7.17. The maximum atomic E-state index is 4.65. The Morgan fingerprint density at radius 1 is 1.35 bits per heavy atom. The number of nitrogens with zero attached hydrogens (tertiary/aromatic N) is 2. The minimum Gasteiger partial charge on any atom is -0.367 e. The average molecular weight is 275 g/mol. The summed E-state index contributed by atoms with van der Waals surface area (Å²) in [5.74, 6) is 1.51. The quantitative estimate of drug-likeness (QED) is 0.909. The van der Waals surface area contributed by atoms with E-state index in [1.165, 1.54) is 12.1 Å². The average Bonchev–Trinajstić information content (AvgIpc) is 2.43. The highest BCUT2D eigenvalue weighted by atomic mass is 15.2. The van der Waals surface area contributed by atoms with Gasteiger partial charge in [-0.2, -0.15) is 0 Å². The normalized spacial score (nSPS) is 28.4. The zero-order valence-electron chi connectivity index (χ0n) is 13.6. The number of hydrogen-bond acceptors (Lipinski definition) is 3. The maximum absolute atomic E-state index is 4.65. The molecule has 0 aromatic carbocycles. The van der Waals surface area contributed by atoms with Gasteiger partial charge in [0.05, 0.1) is 17.6 Å². The molecule has 1 saturated heterocycles. The van der Waals surface area contributed by atoms with E-state index in [2.05, 4.69) is 62.0 Å². The lowest BCUT2D eigenvalue weighted by Crippen LogP contribution is -2.45. The van der Waals surface area contributed by atoms with E-state index in [9.17, 15) is 0 Å². The van der Waals surface area contributed by atoms with E-state index < -0.39 is 0 Å². The molecule has 1 aliphatic rings. The molecule has 0 spiro atoms. The lowest BCUT2D eigenvalue weighted by atomic mass is 9.86. The summed E-state index contributed by atoms with van der Waals surface area (Å²) in [5.41, 5.74) is 2.39. The summed E-state index contributed by atoms with van der Waals surface area (Å²) in [6.07, 6.45) is 3.38. The third-order valence-corrected chi connectivity index (χ3v) is 4.65. The summed E-state index contributed by atoms with van der Waals surface area (Å²) < 4.78 is 0. The fourth-order valence-electron chi connectivity index (χ4n) is 3.29. The summed E-state index contributed by atoms with van der Waals surface area (Å²) in [5, 5.41) is 3.41. The van der Waals surface area contributed by atoms with Crippen LogP contribution < -0.4 is 10.2 Å². The van der Waals surface area contributed by atoms with Crippen molar-refractivity contribution < 1.29 is 0 Å². The number of piperidine rings is 1. The summed E-state index contributed by atoms with van der Waals surface area (Å²) in [6.45, 7) is 13.5. The highest BCUT2D eigenvalue weighted by Crippen LogP contribution is 2.31. The first-order chi connectivity index (χ1) is 9.52. The molecular weight excluding hydrogens is 246 g/mol. The van der Waals surface area contributed by atoms with Gasteiger partial charge in [0.1, 0.15) is 0 Å². The van der Waals surface area contributed by atoms with Crippen LogP contribution in [0.1, 0.15) is 52.8 Å². The van der Waals surface area contributed by atoms with Crippen LogP contribution in [0.25, 0.3) is 0 Å². The molecule has 1 N–H and O–H groups in total. The highest BCUT2D eigenvalue weighted by molar-refractivity contribution is 5.46. The van der Waals surface area contributed by atoms with E-state index in [1.54, 1.807) is 0 Å². The number of anilines is 1. The van der Waals surface area contributed by atoms with Crippen molar-refractivity contribution in [2.24, 2.45) is 11.8 Å². The van der Waals surface area contributed by atoms with E-state index >= 15 is 0 Å². The molecule has 2 rings (SSSR count). The molecule has 1 aromatic rings. The van der Waals surface area contributed by atoms with Crippen molar-refractivity contribution in [3.8, 4) is 0 Å². The van der Waals surface area contributed by atoms with Crippen molar-refractivity contribution >= 4 is 5.69 Å². The molecule has 3 nitrogen and oxygen atoms in total. The van der Waals surface area contributed by atoms with Gasteiger partial charge in [-0.25, -0.2) is 0 Å². The molecule has 112 valence electrons. The lowest BCUT2D eigenvalue weighted by molar-refractivity contribution is 0.297. The van der Waals surface area contributed by atoms with Crippen LogP contribution in [0.5, 0.6) is 0 Å². The van der Waals surface area contributed by atoms with Crippen LogP contribution in [0.2, 0.25) is 0 Å². The molecule has 20 heavy (non-hydrogen) atoms. The Labute approximate surface area is 123 Å². The fourth-order valence-corrected chi connectivity index (χ4v) is 3.29. The number of aromatic nitrogens is 1. The van der Waals surface area contributed by atoms with Crippen LogP contribution in [-0.2, 0) is 0 Å². The van der Waals surface area contributed by atoms with Crippen LogP contribution in [0.4, 0.5) is 5.69 Å². The molecule has 2 heterocycles. The van der Waals surface area contributed by atoms with Crippen molar-refractivity contribution in [3.63, 3.8) is 0 Å². The Kier molecular flexibility index (Phi) is 5.03. The topological polar surface area (TPSA) is 28.2 Å². The van der Waals surface area contributed by atoms with Crippen molar-refractivity contribution in [2.45, 2.75) is 53.1 Å². The van der Waals surface area contributed by atoms with Gasteiger partial charge in [0, 0.05) is 18.6 Å². The summed E-state index contributed by atoms with van der Waals surface area (Å²) in [6, 6.07) is 5.33. The van der Waals surface area contributed by atoms with Crippen LogP contribution in [-0.4, -0.2) is 24.1 Å². The largest absolute Gasteiger partial charge is 0.367 e. The number of rotatable bonds is 4. The van der Waals surface area contributed by atoms with Gasteiger partial charge in [-0.1, -0.05) is 20.8 Å². The molecule has 1 fully saturated rings. The molecule has 4 atom stereocenters. The Morgan fingerprint density at radius 3 is 2.70 bits per heavy atom. The van der Waals surface area contributed by atoms with E-state index in [0.717, 1.165) is 30.6 Å². The predicted octanol–water partition coefficient (Wildman–Crippen LogP) is 3.62. The second-order valence-corrected chi connectivity index (χ2v) is 6.43. The van der Waals surface area contributed by atoms with Crippen LogP contribution in [0, 0.1) is 11.8 Å². The van der Waals surface area contributed by atoms with Crippen LogP contribution in [0.3, 0.4) is 0 Å². The molecule has 0 saturated carbocycles. The van der Waals surface area contributed by atoms with Gasteiger partial charge in [-0.15, -0.1) is 0 Å². The number of pyridine rings is 1. The Balaban J connectivity index is 2.12. The third-order valence-electron chi connectivity index (χ3n) is 4.65. The monoisotopic (exact) mass is 275 g/mol. The first-order valence-electron chi connectivity index (χ1n) is 7.98. The van der Waals surface area contributed by atoms with Gasteiger partial charge >= 0.3 is 0 Å². The molecule has 0 amide bonds. The van der Waals surface area contributed by atoms with Crippen molar-refractivity contribution in [1.29, 1.82) is 0 Å². The second kappa shape index (κ2) is 6.57. The smallest absolute Gasteiger partial charge is 0.0572 e. The Bertz CT molecular complexity index is 415. The first kappa shape index (κ1) is 15.3. The molecule has 1 aliphatic heterocycles. The van der Waals surface area contributed by atoms with Gasteiger partial charge in [0.25, 0.3) is 0 Å². The lowest BCUT2D eigenvalue weighted by Gasteiger charge is -2.42. The highest BCUT2D eigenvalue weighted by Gasteiger charge is 2.28. The van der Waals surface area contributed by atoms with Crippen molar-refractivity contribution in [1.82, 2.24) is 10.3 Å². The van der Waals surface area contributed by atoms with Crippen molar-refractivity contribution in [2.75, 3.05) is 18.0 Å². The van der Waals surface area contributed by atoms with E-state index in [4.69, 9.17) is 0 Å². The molecule has 0 aliphatic carbocycles. The molecule has 4 unspecified atom stereocenters. The SMILES string of the molecule is CCNC(C)c1ccc(N2CC(C)CC(C)C2C)cn1. The molecule has 1 aromatic heterocycles. The van der Waals surface area contributed by atoms with E-state index in [1.807, 2.05) is 6.20 Å². The molecular formula is C17H29N3. The zero-order valence-corrected chi connectivity index (χ0v) is 13.6. The predicted molar refractivity (Wildman–Crippen MR) is 86.1 cm³/mol. The van der Waals surface area contributed by atoms with Crippen LogP contribution in [0.15, 0.2) is 18.3 Å². The van der Waals surface area contributed by atoms with Crippen LogP contribution >= 0.6 is 0 Å². The Morgan fingerprint density at radius 2 is 2.10 bits per heavy atom. The minimum atomic E-state index is 0.325. The molecule has 3 heteroatoms. The first-order valence-corrected chi connectivity index (χ1v) is 7.98. The molecule has 0 radical (unpaired) electrons. The number of nitrogens with one attached hydrogen (secondary N) is 1. The Hall–Kier alpha value is -1.09. The minimum absolute atomic E-state index is 0.325. The van der Waals surface area contributed by atoms with Gasteiger partial charge < -0.3 is 10.2 Å².